The zero-order valence-electron chi connectivity index (χ0n) is 12.1. The molecule has 1 amide bonds. The van der Waals surface area contributed by atoms with Crippen LogP contribution in [0.3, 0.4) is 0 Å². The van der Waals surface area contributed by atoms with Gasteiger partial charge in [0.05, 0.1) is 18.0 Å². The number of hydrogen-bond donors (Lipinski definition) is 1. The van der Waals surface area contributed by atoms with Gasteiger partial charge in [-0.15, -0.1) is 0 Å². The Labute approximate surface area is 122 Å². The number of hydrogen-bond acceptors (Lipinski definition) is 3. The lowest BCUT2D eigenvalue weighted by molar-refractivity contribution is -0.117. The minimum absolute atomic E-state index is 0.0126. The zero-order chi connectivity index (χ0) is 15.0. The lowest BCUT2D eigenvalue weighted by atomic mass is 10.1. The van der Waals surface area contributed by atoms with E-state index in [1.807, 2.05) is 10.9 Å². The number of benzene rings is 1. The molecule has 0 bridgehead atoms. The number of nitrogens with zero attached hydrogens (tertiary/aromatic N) is 3. The monoisotopic (exact) mass is 290 g/mol. The first-order chi connectivity index (χ1) is 10.0. The zero-order valence-corrected chi connectivity index (χ0v) is 12.1. The lowest BCUT2D eigenvalue weighted by Gasteiger charge is -2.28. The van der Waals surface area contributed by atoms with Crippen LogP contribution in [-0.4, -0.2) is 40.7 Å². The molecular formula is C15H19FN4O. The SMILES string of the molecule is CN1CCC(n2cc3cc(F)cc(CC(N)=O)c3n2)CC1. The molecule has 1 aromatic heterocycles. The Hall–Kier alpha value is -1.95. The fourth-order valence-electron chi connectivity index (χ4n) is 2.96. The average molecular weight is 290 g/mol. The van der Waals surface area contributed by atoms with Crippen LogP contribution < -0.4 is 5.73 Å². The van der Waals surface area contributed by atoms with Crippen molar-refractivity contribution < 1.29 is 9.18 Å². The maximum absolute atomic E-state index is 13.7. The second-order valence-electron chi connectivity index (χ2n) is 5.79. The summed E-state index contributed by atoms with van der Waals surface area (Å²) in [6.45, 7) is 2.06. The number of carbonyl (C=O) groups excluding carboxylic acids is 1. The highest BCUT2D eigenvalue weighted by Gasteiger charge is 2.20. The molecule has 6 heteroatoms. The molecular weight excluding hydrogens is 271 g/mol. The van der Waals surface area contributed by atoms with Crippen molar-refractivity contribution in [2.45, 2.75) is 25.3 Å². The van der Waals surface area contributed by atoms with Crippen molar-refractivity contribution >= 4 is 16.8 Å². The summed E-state index contributed by atoms with van der Waals surface area (Å²) in [6, 6.07) is 3.13. The smallest absolute Gasteiger partial charge is 0.221 e. The third-order valence-electron chi connectivity index (χ3n) is 4.10. The molecule has 0 unspecified atom stereocenters. The van der Waals surface area contributed by atoms with Gasteiger partial charge in [0.15, 0.2) is 0 Å². The molecule has 0 radical (unpaired) electrons. The van der Waals surface area contributed by atoms with Crippen molar-refractivity contribution in [2.24, 2.45) is 5.73 Å². The van der Waals surface area contributed by atoms with Gasteiger partial charge >= 0.3 is 0 Å². The van der Waals surface area contributed by atoms with Crippen LogP contribution in [0.5, 0.6) is 0 Å². The molecule has 2 N–H and O–H groups in total. The number of aromatic nitrogens is 2. The third-order valence-corrected chi connectivity index (χ3v) is 4.10. The van der Waals surface area contributed by atoms with E-state index in [9.17, 15) is 9.18 Å². The van der Waals surface area contributed by atoms with E-state index in [-0.39, 0.29) is 12.2 Å². The van der Waals surface area contributed by atoms with Gasteiger partial charge in [0, 0.05) is 11.6 Å². The van der Waals surface area contributed by atoms with Gasteiger partial charge in [-0.1, -0.05) is 0 Å². The van der Waals surface area contributed by atoms with Crippen LogP contribution in [0.15, 0.2) is 18.3 Å². The first-order valence-electron chi connectivity index (χ1n) is 7.17. The standard InChI is InChI=1S/C15H19FN4O/c1-19-4-2-13(3-5-19)20-9-11-7-12(16)6-10(8-14(17)21)15(11)18-20/h6-7,9,13H,2-5,8H2,1H3,(H2,17,21). The van der Waals surface area contributed by atoms with Crippen LogP contribution in [0.25, 0.3) is 10.9 Å². The van der Waals surface area contributed by atoms with E-state index >= 15 is 0 Å². The summed E-state index contributed by atoms with van der Waals surface area (Å²) >= 11 is 0. The Balaban J connectivity index is 1.97. The summed E-state index contributed by atoms with van der Waals surface area (Å²) in [6.07, 6.45) is 3.94. The maximum Gasteiger partial charge on any atom is 0.221 e. The third kappa shape index (κ3) is 2.90. The van der Waals surface area contributed by atoms with Gasteiger partial charge in [0.25, 0.3) is 0 Å². The van der Waals surface area contributed by atoms with E-state index in [2.05, 4.69) is 17.0 Å². The summed E-state index contributed by atoms with van der Waals surface area (Å²) < 4.78 is 15.6. The highest BCUT2D eigenvalue weighted by molar-refractivity contribution is 5.87. The number of fused-ring (bicyclic) bond motifs is 1. The molecule has 112 valence electrons. The molecule has 1 aliphatic rings. The van der Waals surface area contributed by atoms with E-state index in [4.69, 9.17) is 5.73 Å². The first kappa shape index (κ1) is 14.0. The molecule has 2 heterocycles. The predicted molar refractivity (Wildman–Crippen MR) is 78.4 cm³/mol. The minimum atomic E-state index is -0.476. The maximum atomic E-state index is 13.7. The van der Waals surface area contributed by atoms with E-state index in [1.165, 1.54) is 12.1 Å². The molecule has 1 fully saturated rings. The van der Waals surface area contributed by atoms with Gasteiger partial charge in [-0.3, -0.25) is 9.48 Å². The van der Waals surface area contributed by atoms with Crippen LogP contribution in [0.2, 0.25) is 0 Å². The molecule has 0 spiro atoms. The van der Waals surface area contributed by atoms with Crippen molar-refractivity contribution in [3.8, 4) is 0 Å². The number of halogens is 1. The Bertz CT molecular complexity index is 674. The Morgan fingerprint density at radius 1 is 1.43 bits per heavy atom. The second-order valence-corrected chi connectivity index (χ2v) is 5.79. The molecule has 1 aliphatic heterocycles. The highest BCUT2D eigenvalue weighted by Crippen LogP contribution is 2.26. The van der Waals surface area contributed by atoms with Gasteiger partial charge in [0.1, 0.15) is 5.82 Å². The predicted octanol–water partition coefficient (Wildman–Crippen LogP) is 1.47. The van der Waals surface area contributed by atoms with Crippen molar-refractivity contribution in [1.82, 2.24) is 14.7 Å². The topological polar surface area (TPSA) is 64.2 Å². The van der Waals surface area contributed by atoms with Crippen LogP contribution in [0, 0.1) is 5.82 Å². The van der Waals surface area contributed by atoms with Gasteiger partial charge in [-0.25, -0.2) is 4.39 Å². The van der Waals surface area contributed by atoms with Crippen molar-refractivity contribution in [1.29, 1.82) is 0 Å². The van der Waals surface area contributed by atoms with Crippen molar-refractivity contribution in [3.05, 3.63) is 29.7 Å². The fraction of sp³-hybridized carbons (Fsp3) is 0.467. The fourth-order valence-corrected chi connectivity index (χ4v) is 2.96. The number of likely N-dealkylation sites (tertiary alicyclic amines) is 1. The number of rotatable bonds is 3. The molecule has 1 aromatic carbocycles. The molecule has 0 atom stereocenters. The normalized spacial score (nSPS) is 17.4. The molecule has 5 nitrogen and oxygen atoms in total. The van der Waals surface area contributed by atoms with Gasteiger partial charge in [-0.2, -0.15) is 5.10 Å². The largest absolute Gasteiger partial charge is 0.369 e. The summed E-state index contributed by atoms with van der Waals surface area (Å²) in [5, 5.41) is 5.31. The summed E-state index contributed by atoms with van der Waals surface area (Å²) in [5.41, 5.74) is 6.46. The number of primary amides is 1. The molecule has 21 heavy (non-hydrogen) atoms. The quantitative estimate of drug-likeness (QED) is 0.931. The van der Waals surface area contributed by atoms with Crippen LogP contribution in [0.1, 0.15) is 24.4 Å². The Morgan fingerprint density at radius 3 is 2.81 bits per heavy atom. The lowest BCUT2D eigenvalue weighted by Crippen LogP contribution is -2.31. The van der Waals surface area contributed by atoms with Crippen LogP contribution >= 0.6 is 0 Å². The number of nitrogens with two attached hydrogens (primary N) is 1. The van der Waals surface area contributed by atoms with E-state index < -0.39 is 5.91 Å². The number of carbonyl (C=O) groups is 1. The van der Waals surface area contributed by atoms with Crippen molar-refractivity contribution in [2.75, 3.05) is 20.1 Å². The van der Waals surface area contributed by atoms with E-state index in [1.54, 1.807) is 0 Å². The molecule has 3 rings (SSSR count). The van der Waals surface area contributed by atoms with E-state index in [0.29, 0.717) is 17.1 Å². The number of piperidine rings is 1. The highest BCUT2D eigenvalue weighted by atomic mass is 19.1. The Morgan fingerprint density at radius 2 is 2.14 bits per heavy atom. The van der Waals surface area contributed by atoms with E-state index in [0.717, 1.165) is 31.3 Å². The van der Waals surface area contributed by atoms with Crippen LogP contribution in [0.4, 0.5) is 4.39 Å². The van der Waals surface area contributed by atoms with Crippen LogP contribution in [-0.2, 0) is 11.2 Å². The summed E-state index contributed by atoms with van der Waals surface area (Å²) in [5.74, 6) is -0.836. The second kappa shape index (κ2) is 5.44. The number of amides is 1. The summed E-state index contributed by atoms with van der Waals surface area (Å²) in [7, 11) is 2.11. The first-order valence-corrected chi connectivity index (χ1v) is 7.17. The molecule has 0 aliphatic carbocycles. The molecule has 1 saturated heterocycles. The van der Waals surface area contributed by atoms with Gasteiger partial charge < -0.3 is 10.6 Å². The molecule has 0 saturated carbocycles. The van der Waals surface area contributed by atoms with Gasteiger partial charge in [-0.05, 0) is 50.7 Å². The molecule has 2 aromatic rings. The Kier molecular flexibility index (Phi) is 3.63. The average Bonchev–Trinajstić information content (AvgIpc) is 2.82. The van der Waals surface area contributed by atoms with Crippen molar-refractivity contribution in [3.63, 3.8) is 0 Å². The summed E-state index contributed by atoms with van der Waals surface area (Å²) in [4.78, 5) is 13.4. The van der Waals surface area contributed by atoms with Gasteiger partial charge in [0.2, 0.25) is 5.91 Å². The minimum Gasteiger partial charge on any atom is -0.369 e.